The van der Waals surface area contributed by atoms with E-state index in [0.717, 1.165) is 37.9 Å². The zero-order valence-electron chi connectivity index (χ0n) is 16.3. The molecule has 26 heavy (non-hydrogen) atoms. The average Bonchev–Trinajstić information content (AvgIpc) is 2.88. The second-order valence-electron chi connectivity index (χ2n) is 9.51. The summed E-state index contributed by atoms with van der Waals surface area (Å²) in [6.45, 7) is 5.82. The molecule has 0 spiro atoms. The van der Waals surface area contributed by atoms with E-state index in [4.69, 9.17) is 4.74 Å². The maximum Gasteiger partial charge on any atom is 0.139 e. The molecule has 3 aliphatic carbocycles. The van der Waals surface area contributed by atoms with Gasteiger partial charge in [-0.1, -0.05) is 13.0 Å². The van der Waals surface area contributed by atoms with E-state index in [1.54, 1.807) is 13.8 Å². The van der Waals surface area contributed by atoms with E-state index in [2.05, 4.69) is 25.1 Å². The number of carbonyl (C=O) groups is 1. The fraction of sp³-hybridized carbons (Fsp3) is 0.696. The molecular weight excluding hydrogens is 327 g/mol. The lowest BCUT2D eigenvalue weighted by Crippen LogP contribution is -2.42. The molecule has 2 fully saturated rings. The molecule has 0 aromatic heterocycles. The van der Waals surface area contributed by atoms with Crippen LogP contribution in [0.15, 0.2) is 18.2 Å². The molecule has 1 aromatic carbocycles. The molecule has 2 nitrogen and oxygen atoms in total. The number of hydrogen-bond donors (Lipinski definition) is 0. The Morgan fingerprint density at radius 2 is 2.04 bits per heavy atom. The number of rotatable bonds is 4. The Balaban J connectivity index is 1.50. The first-order valence-electron chi connectivity index (χ1n) is 10.3. The van der Waals surface area contributed by atoms with Crippen molar-refractivity contribution in [1.29, 1.82) is 0 Å². The highest BCUT2D eigenvalue weighted by molar-refractivity contribution is 5.87. The van der Waals surface area contributed by atoms with E-state index in [9.17, 15) is 9.18 Å². The molecule has 0 aliphatic heterocycles. The van der Waals surface area contributed by atoms with Crippen LogP contribution in [0, 0.1) is 17.3 Å². The maximum absolute atomic E-state index is 13.6. The molecule has 0 amide bonds. The lowest BCUT2D eigenvalue weighted by molar-refractivity contribution is -0.129. The van der Waals surface area contributed by atoms with Gasteiger partial charge in [0.05, 0.1) is 6.61 Å². The number of fused-ring (bicyclic) bond motifs is 5. The minimum atomic E-state index is -1.19. The number of Topliss-reactive ketones (excluding diaryl/α,β-unsaturated/α-hetero) is 1. The molecule has 0 radical (unpaired) electrons. The second-order valence-corrected chi connectivity index (χ2v) is 9.51. The summed E-state index contributed by atoms with van der Waals surface area (Å²) in [5, 5.41) is 0. The summed E-state index contributed by atoms with van der Waals surface area (Å²) in [5.41, 5.74) is 1.63. The Labute approximate surface area is 156 Å². The number of aryl methyl sites for hydroxylation is 1. The van der Waals surface area contributed by atoms with Crippen LogP contribution in [-0.2, 0) is 11.2 Å². The Bertz CT molecular complexity index is 705. The van der Waals surface area contributed by atoms with Gasteiger partial charge in [-0.05, 0) is 87.0 Å². The van der Waals surface area contributed by atoms with Crippen molar-refractivity contribution in [3.63, 3.8) is 0 Å². The number of hydrogen-bond acceptors (Lipinski definition) is 2. The third-order valence-corrected chi connectivity index (χ3v) is 7.37. The Kier molecular flexibility index (Phi) is 4.40. The van der Waals surface area contributed by atoms with E-state index in [-0.39, 0.29) is 5.41 Å². The molecule has 1 aromatic rings. The third-order valence-electron chi connectivity index (χ3n) is 7.37. The van der Waals surface area contributed by atoms with Crippen molar-refractivity contribution in [1.82, 2.24) is 0 Å². The summed E-state index contributed by atoms with van der Waals surface area (Å²) in [6, 6.07) is 6.46. The summed E-state index contributed by atoms with van der Waals surface area (Å²) in [5.74, 6) is 3.20. The van der Waals surface area contributed by atoms with Crippen LogP contribution >= 0.6 is 0 Å². The minimum absolute atomic E-state index is 0.0547. The third kappa shape index (κ3) is 3.08. The van der Waals surface area contributed by atoms with Crippen molar-refractivity contribution in [2.75, 3.05) is 6.61 Å². The van der Waals surface area contributed by atoms with Gasteiger partial charge in [0.2, 0.25) is 0 Å². The van der Waals surface area contributed by atoms with Gasteiger partial charge in [0, 0.05) is 18.3 Å². The standard InChI is InChI=1S/C23H31FO2/c1-22(2,24)12-13-26-16-5-7-17-15(14-16)4-6-19-18(17)10-11-23(3)20(19)8-9-21(23)25/h5,7,14,18-20H,4,6,8-13H2,1-3H3. The minimum Gasteiger partial charge on any atom is -0.493 e. The van der Waals surface area contributed by atoms with Crippen LogP contribution in [-0.4, -0.2) is 18.1 Å². The highest BCUT2D eigenvalue weighted by Crippen LogP contribution is 2.59. The molecule has 0 bridgehead atoms. The Hall–Kier alpha value is -1.38. The summed E-state index contributed by atoms with van der Waals surface area (Å²) in [4.78, 5) is 12.4. The summed E-state index contributed by atoms with van der Waals surface area (Å²) in [6.07, 6.45) is 6.72. The van der Waals surface area contributed by atoms with Gasteiger partial charge < -0.3 is 4.74 Å². The molecule has 2 saturated carbocycles. The predicted molar refractivity (Wildman–Crippen MR) is 101 cm³/mol. The molecule has 4 atom stereocenters. The quantitative estimate of drug-likeness (QED) is 0.697. The highest BCUT2D eigenvalue weighted by Gasteiger charge is 2.54. The summed E-state index contributed by atoms with van der Waals surface area (Å²) >= 11 is 0. The van der Waals surface area contributed by atoms with E-state index < -0.39 is 5.67 Å². The van der Waals surface area contributed by atoms with Gasteiger partial charge in [-0.3, -0.25) is 4.79 Å². The van der Waals surface area contributed by atoms with E-state index in [1.165, 1.54) is 17.5 Å². The van der Waals surface area contributed by atoms with Crippen molar-refractivity contribution < 1.29 is 13.9 Å². The van der Waals surface area contributed by atoms with Gasteiger partial charge in [-0.15, -0.1) is 0 Å². The van der Waals surface area contributed by atoms with Gasteiger partial charge in [-0.25, -0.2) is 4.39 Å². The smallest absolute Gasteiger partial charge is 0.139 e. The summed E-state index contributed by atoms with van der Waals surface area (Å²) < 4.78 is 19.4. The van der Waals surface area contributed by atoms with Crippen molar-refractivity contribution in [2.24, 2.45) is 17.3 Å². The van der Waals surface area contributed by atoms with Crippen LogP contribution in [0.2, 0.25) is 0 Å². The van der Waals surface area contributed by atoms with Crippen LogP contribution in [0.1, 0.15) is 76.3 Å². The van der Waals surface area contributed by atoms with Gasteiger partial charge in [0.25, 0.3) is 0 Å². The van der Waals surface area contributed by atoms with Crippen molar-refractivity contribution >= 4 is 5.78 Å². The lowest BCUT2D eigenvalue weighted by Gasteiger charge is -2.48. The molecular formula is C23H31FO2. The van der Waals surface area contributed by atoms with Gasteiger partial charge in [0.15, 0.2) is 0 Å². The van der Waals surface area contributed by atoms with Crippen LogP contribution in [0.25, 0.3) is 0 Å². The first kappa shape index (κ1) is 18.0. The highest BCUT2D eigenvalue weighted by atomic mass is 19.1. The number of halogens is 1. The zero-order chi connectivity index (χ0) is 18.5. The number of carbonyl (C=O) groups excluding carboxylic acids is 1. The molecule has 3 heteroatoms. The van der Waals surface area contributed by atoms with E-state index in [1.807, 2.05) is 0 Å². The molecule has 142 valence electrons. The van der Waals surface area contributed by atoms with E-state index >= 15 is 0 Å². The molecule has 0 heterocycles. The Morgan fingerprint density at radius 3 is 2.81 bits per heavy atom. The van der Waals surface area contributed by atoms with Gasteiger partial charge >= 0.3 is 0 Å². The van der Waals surface area contributed by atoms with Gasteiger partial charge in [-0.2, -0.15) is 0 Å². The number of benzene rings is 1. The zero-order valence-corrected chi connectivity index (χ0v) is 16.3. The van der Waals surface area contributed by atoms with Crippen molar-refractivity contribution in [2.45, 2.75) is 77.3 Å². The monoisotopic (exact) mass is 358 g/mol. The Morgan fingerprint density at radius 1 is 1.23 bits per heavy atom. The molecule has 0 saturated heterocycles. The number of ketones is 1. The number of alkyl halides is 1. The normalized spacial score (nSPS) is 33.4. The van der Waals surface area contributed by atoms with E-state index in [0.29, 0.717) is 36.6 Å². The van der Waals surface area contributed by atoms with Crippen LogP contribution in [0.5, 0.6) is 5.75 Å². The summed E-state index contributed by atoms with van der Waals surface area (Å²) in [7, 11) is 0. The molecule has 4 unspecified atom stereocenters. The predicted octanol–water partition coefficient (Wildman–Crippen LogP) is 5.63. The van der Waals surface area contributed by atoms with Crippen LogP contribution in [0.3, 0.4) is 0 Å². The van der Waals surface area contributed by atoms with Crippen LogP contribution in [0.4, 0.5) is 4.39 Å². The maximum atomic E-state index is 13.6. The number of ether oxygens (including phenoxy) is 1. The average molecular weight is 358 g/mol. The fourth-order valence-corrected chi connectivity index (χ4v) is 5.83. The van der Waals surface area contributed by atoms with Gasteiger partial charge in [0.1, 0.15) is 17.2 Å². The fourth-order valence-electron chi connectivity index (χ4n) is 5.83. The first-order valence-corrected chi connectivity index (χ1v) is 10.3. The molecule has 4 rings (SSSR count). The van der Waals surface area contributed by atoms with Crippen molar-refractivity contribution in [3.05, 3.63) is 29.3 Å². The SMILES string of the molecule is CC(C)(F)CCOc1ccc2c(c1)CCC1C2CCC2(C)C(=O)CCC12. The van der Waals surface area contributed by atoms with Crippen LogP contribution < -0.4 is 4.74 Å². The first-order chi connectivity index (χ1) is 12.3. The second kappa shape index (κ2) is 6.35. The topological polar surface area (TPSA) is 26.3 Å². The lowest BCUT2D eigenvalue weighted by atomic mass is 9.55. The van der Waals surface area contributed by atoms with Crippen molar-refractivity contribution in [3.8, 4) is 5.75 Å². The largest absolute Gasteiger partial charge is 0.493 e. The molecule has 3 aliphatic rings. The molecule has 0 N–H and O–H groups in total.